The van der Waals surface area contributed by atoms with Gasteiger partial charge in [0.2, 0.25) is 0 Å². The van der Waals surface area contributed by atoms with Gasteiger partial charge in [0.05, 0.1) is 9.75 Å². The van der Waals surface area contributed by atoms with Gasteiger partial charge in [0, 0.05) is 6.42 Å². The van der Waals surface area contributed by atoms with Crippen LogP contribution in [0.25, 0.3) is 0 Å². The van der Waals surface area contributed by atoms with Crippen molar-refractivity contribution >= 4 is 22.9 Å². The molecular weight excluding hydrogens is 240 g/mol. The Bertz CT molecular complexity index is 523. The molecule has 0 aliphatic heterocycles. The van der Waals surface area contributed by atoms with E-state index in [1.807, 2.05) is 12.1 Å². The molecule has 1 aromatic heterocycles. The van der Waals surface area contributed by atoms with Crippen LogP contribution in [0.3, 0.4) is 0 Å². The molecule has 1 heterocycles. The lowest BCUT2D eigenvalue weighted by molar-refractivity contribution is 0.262. The molecule has 0 aliphatic carbocycles. The van der Waals surface area contributed by atoms with Crippen LogP contribution in [-0.2, 0) is 0 Å². The predicted octanol–water partition coefficient (Wildman–Crippen LogP) is 2.42. The van der Waals surface area contributed by atoms with E-state index in [0.29, 0.717) is 0 Å². The monoisotopic (exact) mass is 248 g/mol. The van der Waals surface area contributed by atoms with Gasteiger partial charge in [-0.2, -0.15) is 0 Å². The molecule has 1 nitrogen and oxygen atoms in total. The highest BCUT2D eigenvalue weighted by molar-refractivity contribution is 7.13. The molecule has 1 N–H and O–H groups in total. The van der Waals surface area contributed by atoms with E-state index in [4.69, 9.17) is 16.7 Å². The number of hydrogen-bond acceptors (Lipinski definition) is 2. The lowest BCUT2D eigenvalue weighted by Gasteiger charge is -1.89. The standard InChI is InChI=1S/C13H9ClOS/c1-2-3-4-6-11-9-10-12(16-11)7-5-8-13(14)15/h9-10,13,15H,8H2,1H3/t13-/m0/s1. The van der Waals surface area contributed by atoms with Gasteiger partial charge in [-0.1, -0.05) is 29.4 Å². The summed E-state index contributed by atoms with van der Waals surface area (Å²) in [5.74, 6) is 16.7. The third-order valence-electron chi connectivity index (χ3n) is 1.46. The Morgan fingerprint density at radius 2 is 2.00 bits per heavy atom. The first-order valence-corrected chi connectivity index (χ1v) is 5.81. The molecule has 0 saturated heterocycles. The van der Waals surface area contributed by atoms with Crippen molar-refractivity contribution < 1.29 is 5.11 Å². The summed E-state index contributed by atoms with van der Waals surface area (Å²) in [5, 5.41) is 8.81. The zero-order chi connectivity index (χ0) is 11.8. The van der Waals surface area contributed by atoms with Crippen molar-refractivity contribution in [2.75, 3.05) is 0 Å². The zero-order valence-electron chi connectivity index (χ0n) is 8.67. The maximum atomic E-state index is 8.81. The smallest absolute Gasteiger partial charge is 0.138 e. The molecule has 1 aromatic rings. The van der Waals surface area contributed by atoms with Crippen molar-refractivity contribution in [1.29, 1.82) is 0 Å². The quantitative estimate of drug-likeness (QED) is 0.598. The average molecular weight is 249 g/mol. The molecule has 80 valence electrons. The van der Waals surface area contributed by atoms with E-state index in [1.165, 1.54) is 11.3 Å². The summed E-state index contributed by atoms with van der Waals surface area (Å²) in [6.45, 7) is 1.75. The molecule has 0 saturated carbocycles. The van der Waals surface area contributed by atoms with Crippen LogP contribution >= 0.6 is 22.9 Å². The maximum absolute atomic E-state index is 8.81. The normalized spacial score (nSPS) is 9.94. The van der Waals surface area contributed by atoms with Gasteiger partial charge in [-0.15, -0.1) is 11.3 Å². The van der Waals surface area contributed by atoms with Crippen LogP contribution in [-0.4, -0.2) is 10.7 Å². The first kappa shape index (κ1) is 12.7. The fraction of sp³-hybridized carbons (Fsp3) is 0.231. The second-order valence-electron chi connectivity index (χ2n) is 2.73. The van der Waals surface area contributed by atoms with Gasteiger partial charge < -0.3 is 5.11 Å². The Balaban J connectivity index is 2.67. The fourth-order valence-corrected chi connectivity index (χ4v) is 1.66. The van der Waals surface area contributed by atoms with Crippen molar-refractivity contribution in [3.05, 3.63) is 21.9 Å². The number of hydrogen-bond donors (Lipinski definition) is 1. The molecule has 0 amide bonds. The summed E-state index contributed by atoms with van der Waals surface area (Å²) in [6.07, 6.45) is 0.266. The predicted molar refractivity (Wildman–Crippen MR) is 68.0 cm³/mol. The minimum Gasteiger partial charge on any atom is -0.377 e. The van der Waals surface area contributed by atoms with E-state index in [0.717, 1.165) is 9.75 Å². The largest absolute Gasteiger partial charge is 0.377 e. The van der Waals surface area contributed by atoms with Gasteiger partial charge in [-0.25, -0.2) is 0 Å². The van der Waals surface area contributed by atoms with Crippen molar-refractivity contribution in [3.8, 4) is 35.5 Å². The highest BCUT2D eigenvalue weighted by Crippen LogP contribution is 2.13. The van der Waals surface area contributed by atoms with Crippen LogP contribution in [0.5, 0.6) is 0 Å². The summed E-state index contributed by atoms with van der Waals surface area (Å²) in [6, 6.07) is 3.79. The van der Waals surface area contributed by atoms with Crippen LogP contribution in [0.4, 0.5) is 0 Å². The molecule has 1 atom stereocenters. The van der Waals surface area contributed by atoms with Gasteiger partial charge in [0.15, 0.2) is 0 Å². The number of alkyl halides is 1. The third kappa shape index (κ3) is 4.92. The molecule has 0 aromatic carbocycles. The topological polar surface area (TPSA) is 20.2 Å². The minimum absolute atomic E-state index is 0.266. The molecule has 1 rings (SSSR count). The summed E-state index contributed by atoms with van der Waals surface area (Å²) in [7, 11) is 0. The van der Waals surface area contributed by atoms with Crippen molar-refractivity contribution in [1.82, 2.24) is 0 Å². The van der Waals surface area contributed by atoms with Crippen molar-refractivity contribution in [2.45, 2.75) is 18.9 Å². The number of rotatable bonds is 1. The van der Waals surface area contributed by atoms with Crippen LogP contribution in [0.2, 0.25) is 0 Å². The molecule has 16 heavy (non-hydrogen) atoms. The molecular formula is C13H9ClOS. The van der Waals surface area contributed by atoms with Crippen LogP contribution in [0.15, 0.2) is 12.1 Å². The summed E-state index contributed by atoms with van der Waals surface area (Å²) < 4.78 is 0. The Hall–Kier alpha value is -1.37. The fourth-order valence-electron chi connectivity index (χ4n) is 0.850. The van der Waals surface area contributed by atoms with Crippen molar-refractivity contribution in [3.63, 3.8) is 0 Å². The second kappa shape index (κ2) is 7.00. The average Bonchev–Trinajstić information content (AvgIpc) is 2.66. The first-order valence-electron chi connectivity index (χ1n) is 4.56. The summed E-state index contributed by atoms with van der Waals surface area (Å²) in [4.78, 5) is 1.84. The zero-order valence-corrected chi connectivity index (χ0v) is 10.2. The van der Waals surface area contributed by atoms with Gasteiger partial charge >= 0.3 is 0 Å². The van der Waals surface area contributed by atoms with E-state index in [1.54, 1.807) is 6.92 Å². The molecule has 3 heteroatoms. The van der Waals surface area contributed by atoms with Crippen LogP contribution in [0.1, 0.15) is 23.1 Å². The Labute approximate surface area is 104 Å². The number of aliphatic hydroxyl groups excluding tert-OH is 1. The summed E-state index contributed by atoms with van der Waals surface area (Å²) >= 11 is 6.85. The van der Waals surface area contributed by atoms with E-state index >= 15 is 0 Å². The minimum atomic E-state index is -0.897. The van der Waals surface area contributed by atoms with Gasteiger partial charge in [0.25, 0.3) is 0 Å². The molecule has 0 spiro atoms. The lowest BCUT2D eigenvalue weighted by atomic mass is 10.4. The SMILES string of the molecule is CC#CC#Cc1ccc(C#CC[C@H](O)Cl)s1. The highest BCUT2D eigenvalue weighted by Gasteiger charge is 1.94. The molecule has 0 unspecified atom stereocenters. The Morgan fingerprint density at radius 3 is 2.62 bits per heavy atom. The second-order valence-corrected chi connectivity index (χ2v) is 4.32. The summed E-state index contributed by atoms with van der Waals surface area (Å²) in [5.41, 5.74) is -0.897. The number of halogens is 1. The van der Waals surface area contributed by atoms with Crippen molar-refractivity contribution in [2.24, 2.45) is 0 Å². The molecule has 0 radical (unpaired) electrons. The molecule has 0 fully saturated rings. The van der Waals surface area contributed by atoms with Crippen LogP contribution < -0.4 is 0 Å². The molecule has 0 bridgehead atoms. The van der Waals surface area contributed by atoms with E-state index in [2.05, 4.69) is 35.5 Å². The van der Waals surface area contributed by atoms with Crippen LogP contribution in [0, 0.1) is 35.5 Å². The Morgan fingerprint density at radius 1 is 1.31 bits per heavy atom. The lowest BCUT2D eigenvalue weighted by Crippen LogP contribution is -1.90. The van der Waals surface area contributed by atoms with Gasteiger partial charge in [-0.05, 0) is 36.8 Å². The molecule has 0 aliphatic rings. The first-order chi connectivity index (χ1) is 7.72. The maximum Gasteiger partial charge on any atom is 0.138 e. The van der Waals surface area contributed by atoms with E-state index in [9.17, 15) is 0 Å². The van der Waals surface area contributed by atoms with E-state index in [-0.39, 0.29) is 6.42 Å². The number of aliphatic hydroxyl groups is 1. The highest BCUT2D eigenvalue weighted by atomic mass is 35.5. The van der Waals surface area contributed by atoms with E-state index < -0.39 is 5.56 Å². The Kier molecular flexibility index (Phi) is 5.55. The van der Waals surface area contributed by atoms with Gasteiger partial charge in [-0.3, -0.25) is 0 Å². The van der Waals surface area contributed by atoms with Gasteiger partial charge in [0.1, 0.15) is 5.56 Å². The third-order valence-corrected chi connectivity index (χ3v) is 2.53. The number of thiophene rings is 1.